The SMILES string of the molecule is CCCOc1ncccc1CNc1ccc(C)c(C#N)n1. The second-order valence-electron chi connectivity index (χ2n) is 4.64. The monoisotopic (exact) mass is 282 g/mol. The Balaban J connectivity index is 2.08. The van der Waals surface area contributed by atoms with Crippen molar-refractivity contribution in [2.45, 2.75) is 26.8 Å². The average molecular weight is 282 g/mol. The van der Waals surface area contributed by atoms with Crippen LogP contribution in [0.15, 0.2) is 30.5 Å². The highest BCUT2D eigenvalue weighted by Gasteiger charge is 2.06. The number of aryl methyl sites for hydroxylation is 1. The van der Waals surface area contributed by atoms with Crippen LogP contribution < -0.4 is 10.1 Å². The number of nitriles is 1. The lowest BCUT2D eigenvalue weighted by atomic mass is 10.2. The Morgan fingerprint density at radius 2 is 2.19 bits per heavy atom. The molecule has 0 saturated heterocycles. The van der Waals surface area contributed by atoms with Gasteiger partial charge in [0.05, 0.1) is 6.61 Å². The van der Waals surface area contributed by atoms with E-state index in [1.165, 1.54) is 0 Å². The maximum Gasteiger partial charge on any atom is 0.218 e. The van der Waals surface area contributed by atoms with Crippen molar-refractivity contribution in [3.8, 4) is 11.9 Å². The summed E-state index contributed by atoms with van der Waals surface area (Å²) in [5.74, 6) is 1.31. The molecule has 21 heavy (non-hydrogen) atoms. The number of ether oxygens (including phenoxy) is 1. The Hall–Kier alpha value is -2.61. The van der Waals surface area contributed by atoms with Crippen LogP contribution in [0.25, 0.3) is 0 Å². The van der Waals surface area contributed by atoms with E-state index >= 15 is 0 Å². The minimum atomic E-state index is 0.439. The molecular weight excluding hydrogens is 264 g/mol. The molecule has 0 radical (unpaired) electrons. The summed E-state index contributed by atoms with van der Waals surface area (Å²) in [6, 6.07) is 9.66. The van der Waals surface area contributed by atoms with Gasteiger partial charge in [-0.1, -0.05) is 19.1 Å². The Bertz CT molecular complexity index is 649. The van der Waals surface area contributed by atoms with E-state index in [0.717, 1.165) is 17.5 Å². The van der Waals surface area contributed by atoms with Crippen molar-refractivity contribution in [1.29, 1.82) is 5.26 Å². The third-order valence-electron chi connectivity index (χ3n) is 2.96. The zero-order chi connectivity index (χ0) is 15.1. The van der Waals surface area contributed by atoms with Crippen LogP contribution >= 0.6 is 0 Å². The van der Waals surface area contributed by atoms with Crippen LogP contribution in [0.2, 0.25) is 0 Å². The maximum atomic E-state index is 9.00. The molecule has 5 heteroatoms. The molecule has 0 spiro atoms. The summed E-state index contributed by atoms with van der Waals surface area (Å²) in [5, 5.41) is 12.2. The van der Waals surface area contributed by atoms with Crippen molar-refractivity contribution in [1.82, 2.24) is 9.97 Å². The molecule has 0 atom stereocenters. The first-order valence-corrected chi connectivity index (χ1v) is 6.93. The first-order chi connectivity index (χ1) is 10.2. The minimum absolute atomic E-state index is 0.439. The van der Waals surface area contributed by atoms with Gasteiger partial charge in [0.2, 0.25) is 5.88 Å². The quantitative estimate of drug-likeness (QED) is 0.881. The summed E-state index contributed by atoms with van der Waals surface area (Å²) in [4.78, 5) is 8.51. The van der Waals surface area contributed by atoms with E-state index in [1.54, 1.807) is 6.20 Å². The highest BCUT2D eigenvalue weighted by atomic mass is 16.5. The van der Waals surface area contributed by atoms with Gasteiger partial charge in [-0.3, -0.25) is 0 Å². The fraction of sp³-hybridized carbons (Fsp3) is 0.312. The second kappa shape index (κ2) is 7.25. The Labute approximate surface area is 124 Å². The van der Waals surface area contributed by atoms with Crippen LogP contribution in [0.3, 0.4) is 0 Å². The fourth-order valence-electron chi connectivity index (χ4n) is 1.81. The van der Waals surface area contributed by atoms with E-state index in [2.05, 4.69) is 28.3 Å². The maximum absolute atomic E-state index is 9.00. The van der Waals surface area contributed by atoms with Gasteiger partial charge in [-0.2, -0.15) is 5.26 Å². The molecule has 2 rings (SSSR count). The Morgan fingerprint density at radius 1 is 1.33 bits per heavy atom. The Kier molecular flexibility index (Phi) is 5.10. The first-order valence-electron chi connectivity index (χ1n) is 6.93. The van der Waals surface area contributed by atoms with Gasteiger partial charge in [0.15, 0.2) is 0 Å². The van der Waals surface area contributed by atoms with Gasteiger partial charge in [-0.05, 0) is 31.0 Å². The molecule has 2 aromatic rings. The topological polar surface area (TPSA) is 70.8 Å². The van der Waals surface area contributed by atoms with Crippen molar-refractivity contribution in [3.05, 3.63) is 47.3 Å². The molecule has 2 aromatic heterocycles. The lowest BCUT2D eigenvalue weighted by Gasteiger charge is -2.11. The molecule has 0 amide bonds. The number of nitrogens with one attached hydrogen (secondary N) is 1. The van der Waals surface area contributed by atoms with Crippen molar-refractivity contribution >= 4 is 5.82 Å². The molecule has 0 aliphatic heterocycles. The molecule has 0 bridgehead atoms. The number of pyridine rings is 2. The van der Waals surface area contributed by atoms with Crippen molar-refractivity contribution in [2.24, 2.45) is 0 Å². The standard InChI is InChI=1S/C16H18N4O/c1-3-9-21-16-13(5-4-8-18-16)11-19-15-7-6-12(2)14(10-17)20-15/h4-8H,3,9,11H2,1-2H3,(H,19,20). The van der Waals surface area contributed by atoms with Crippen LogP contribution in [-0.4, -0.2) is 16.6 Å². The molecule has 5 nitrogen and oxygen atoms in total. The van der Waals surface area contributed by atoms with E-state index in [4.69, 9.17) is 10.00 Å². The smallest absolute Gasteiger partial charge is 0.218 e. The predicted octanol–water partition coefficient (Wildman–Crippen LogP) is 3.06. The number of hydrogen-bond donors (Lipinski definition) is 1. The number of hydrogen-bond acceptors (Lipinski definition) is 5. The number of aromatic nitrogens is 2. The van der Waals surface area contributed by atoms with Crippen molar-refractivity contribution in [3.63, 3.8) is 0 Å². The summed E-state index contributed by atoms with van der Waals surface area (Å²) < 4.78 is 5.61. The average Bonchev–Trinajstić information content (AvgIpc) is 2.53. The molecule has 1 N–H and O–H groups in total. The number of rotatable bonds is 6. The summed E-state index contributed by atoms with van der Waals surface area (Å²) in [6.45, 7) is 5.12. The van der Waals surface area contributed by atoms with Crippen LogP contribution in [0, 0.1) is 18.3 Å². The van der Waals surface area contributed by atoms with Gasteiger partial charge < -0.3 is 10.1 Å². The summed E-state index contributed by atoms with van der Waals surface area (Å²) in [6.07, 6.45) is 2.65. The lowest BCUT2D eigenvalue weighted by Crippen LogP contribution is -2.07. The van der Waals surface area contributed by atoms with E-state index < -0.39 is 0 Å². The molecule has 0 unspecified atom stereocenters. The van der Waals surface area contributed by atoms with E-state index in [-0.39, 0.29) is 0 Å². The molecule has 0 saturated carbocycles. The largest absolute Gasteiger partial charge is 0.477 e. The highest BCUT2D eigenvalue weighted by molar-refractivity contribution is 5.43. The highest BCUT2D eigenvalue weighted by Crippen LogP contribution is 2.17. The molecular formula is C16H18N4O. The van der Waals surface area contributed by atoms with E-state index in [0.29, 0.717) is 30.5 Å². The molecule has 2 heterocycles. The molecule has 0 aliphatic rings. The zero-order valence-electron chi connectivity index (χ0n) is 12.3. The van der Waals surface area contributed by atoms with E-state index in [1.807, 2.05) is 31.2 Å². The van der Waals surface area contributed by atoms with Crippen molar-refractivity contribution in [2.75, 3.05) is 11.9 Å². The van der Waals surface area contributed by atoms with Gasteiger partial charge in [0.1, 0.15) is 17.6 Å². The normalized spacial score (nSPS) is 9.95. The Morgan fingerprint density at radius 3 is 2.95 bits per heavy atom. The molecule has 0 fully saturated rings. The first kappa shape index (κ1) is 14.8. The van der Waals surface area contributed by atoms with Gasteiger partial charge in [0, 0.05) is 18.3 Å². The predicted molar refractivity (Wildman–Crippen MR) is 81.0 cm³/mol. The van der Waals surface area contributed by atoms with Crippen LogP contribution in [0.5, 0.6) is 5.88 Å². The summed E-state index contributed by atoms with van der Waals surface area (Å²) in [7, 11) is 0. The van der Waals surface area contributed by atoms with Crippen molar-refractivity contribution < 1.29 is 4.74 Å². The van der Waals surface area contributed by atoms with Gasteiger partial charge in [-0.25, -0.2) is 9.97 Å². The molecule has 108 valence electrons. The molecule has 0 aromatic carbocycles. The summed E-state index contributed by atoms with van der Waals surface area (Å²) in [5.41, 5.74) is 2.27. The fourth-order valence-corrected chi connectivity index (χ4v) is 1.81. The summed E-state index contributed by atoms with van der Waals surface area (Å²) >= 11 is 0. The van der Waals surface area contributed by atoms with Crippen LogP contribution in [0.4, 0.5) is 5.82 Å². The van der Waals surface area contributed by atoms with Crippen LogP contribution in [-0.2, 0) is 6.54 Å². The third-order valence-corrected chi connectivity index (χ3v) is 2.96. The molecule has 0 aliphatic carbocycles. The van der Waals surface area contributed by atoms with E-state index in [9.17, 15) is 0 Å². The van der Waals surface area contributed by atoms with Gasteiger partial charge in [-0.15, -0.1) is 0 Å². The van der Waals surface area contributed by atoms with Crippen LogP contribution in [0.1, 0.15) is 30.2 Å². The van der Waals surface area contributed by atoms with Gasteiger partial charge in [0.25, 0.3) is 0 Å². The lowest BCUT2D eigenvalue weighted by molar-refractivity contribution is 0.302. The number of anilines is 1. The third kappa shape index (κ3) is 3.93. The number of nitrogens with zero attached hydrogens (tertiary/aromatic N) is 3. The minimum Gasteiger partial charge on any atom is -0.477 e. The second-order valence-corrected chi connectivity index (χ2v) is 4.64. The zero-order valence-corrected chi connectivity index (χ0v) is 12.3. The van der Waals surface area contributed by atoms with Gasteiger partial charge >= 0.3 is 0 Å².